The lowest BCUT2D eigenvalue weighted by Gasteiger charge is -2.23. The Bertz CT molecular complexity index is 1340. The number of anilines is 1. The van der Waals surface area contributed by atoms with Crippen LogP contribution in [-0.2, 0) is 14.8 Å². The summed E-state index contributed by atoms with van der Waals surface area (Å²) in [6, 6.07) is 15.1. The van der Waals surface area contributed by atoms with Crippen molar-refractivity contribution < 1.29 is 17.9 Å². The summed E-state index contributed by atoms with van der Waals surface area (Å²) in [7, 11) is -3.74. The van der Waals surface area contributed by atoms with Gasteiger partial charge in [0.25, 0.3) is 5.91 Å². The predicted octanol–water partition coefficient (Wildman–Crippen LogP) is 4.03. The van der Waals surface area contributed by atoms with E-state index in [1.54, 1.807) is 37.4 Å². The summed E-state index contributed by atoms with van der Waals surface area (Å²) in [6.07, 6.45) is 2.62. The smallest absolute Gasteiger partial charge is 0.260 e. The number of hydrogen-bond acceptors (Lipinski definition) is 5. The minimum Gasteiger partial charge on any atom is -0.492 e. The molecule has 1 amide bonds. The van der Waals surface area contributed by atoms with E-state index in [1.807, 2.05) is 19.9 Å². The third kappa shape index (κ3) is 6.30. The Morgan fingerprint density at radius 1 is 1.09 bits per heavy atom. The summed E-state index contributed by atoms with van der Waals surface area (Å²) >= 11 is 0. The number of amides is 1. The summed E-state index contributed by atoms with van der Waals surface area (Å²) in [5.41, 5.74) is 9.03. The molecule has 0 radical (unpaired) electrons. The average molecular weight is 497 g/mol. The molecule has 0 atom stereocenters. The fourth-order valence-electron chi connectivity index (χ4n) is 4.06. The number of aromatic nitrogens is 1. The molecule has 3 rings (SSSR count). The topological polar surface area (TPSA) is 93.0 Å². The second-order valence-corrected chi connectivity index (χ2v) is 10.4. The SMILES string of the molecule is CCOc1ccccc1N(CC(=O)N/N=C\c1cc(C)n(-c2cc(C)cc(C)c2)c1C)S(C)(=O)=O. The quantitative estimate of drug-likeness (QED) is 0.358. The first-order chi connectivity index (χ1) is 16.5. The van der Waals surface area contributed by atoms with Crippen LogP contribution in [0.15, 0.2) is 53.6 Å². The number of nitrogens with zero attached hydrogens (tertiary/aromatic N) is 3. The van der Waals surface area contributed by atoms with Gasteiger partial charge in [0.2, 0.25) is 10.0 Å². The lowest BCUT2D eigenvalue weighted by molar-refractivity contribution is -0.119. The zero-order valence-electron chi connectivity index (χ0n) is 21.0. The fourth-order valence-corrected chi connectivity index (χ4v) is 4.92. The van der Waals surface area contributed by atoms with Gasteiger partial charge in [0, 0.05) is 22.6 Å². The van der Waals surface area contributed by atoms with Crippen LogP contribution in [0.3, 0.4) is 0 Å². The van der Waals surface area contributed by atoms with Gasteiger partial charge in [-0.15, -0.1) is 0 Å². The maximum Gasteiger partial charge on any atom is 0.260 e. The van der Waals surface area contributed by atoms with Crippen LogP contribution in [0.4, 0.5) is 5.69 Å². The highest BCUT2D eigenvalue weighted by Gasteiger charge is 2.23. The standard InChI is InChI=1S/C26H32N4O4S/c1-7-34-25-11-9-8-10-24(25)29(35(6,32)33)17-26(31)28-27-16-22-15-20(4)30(21(22)5)23-13-18(2)12-19(3)14-23/h8-16H,7,17H2,1-6H3,(H,28,31)/b27-16-. The minimum atomic E-state index is -3.74. The van der Waals surface area contributed by atoms with E-state index >= 15 is 0 Å². The molecule has 0 aliphatic heterocycles. The lowest BCUT2D eigenvalue weighted by Crippen LogP contribution is -2.39. The van der Waals surface area contributed by atoms with Gasteiger partial charge in [-0.05, 0) is 76.1 Å². The van der Waals surface area contributed by atoms with Crippen LogP contribution in [0, 0.1) is 27.7 Å². The molecule has 2 aromatic carbocycles. The van der Waals surface area contributed by atoms with Gasteiger partial charge in [0.05, 0.1) is 24.8 Å². The number of benzene rings is 2. The van der Waals surface area contributed by atoms with Crippen molar-refractivity contribution in [3.05, 3.63) is 76.6 Å². The summed E-state index contributed by atoms with van der Waals surface area (Å²) in [5.74, 6) is -0.184. The highest BCUT2D eigenvalue weighted by atomic mass is 32.2. The number of carbonyl (C=O) groups excluding carboxylic acids is 1. The van der Waals surface area contributed by atoms with Crippen molar-refractivity contribution in [1.29, 1.82) is 0 Å². The molecule has 35 heavy (non-hydrogen) atoms. The summed E-state index contributed by atoms with van der Waals surface area (Å²) in [4.78, 5) is 12.6. The number of aryl methyl sites for hydroxylation is 3. The molecule has 0 aliphatic rings. The third-order valence-electron chi connectivity index (χ3n) is 5.45. The van der Waals surface area contributed by atoms with Crippen LogP contribution in [-0.4, -0.2) is 44.5 Å². The molecule has 1 heterocycles. The Balaban J connectivity index is 1.78. The molecule has 0 aliphatic carbocycles. The summed E-state index contributed by atoms with van der Waals surface area (Å²) < 4.78 is 33.6. The lowest BCUT2D eigenvalue weighted by atomic mass is 10.1. The van der Waals surface area contributed by atoms with E-state index in [9.17, 15) is 13.2 Å². The molecule has 0 unspecified atom stereocenters. The van der Waals surface area contributed by atoms with Gasteiger partial charge in [0.1, 0.15) is 12.3 Å². The Morgan fingerprint density at radius 2 is 1.74 bits per heavy atom. The number of carbonyl (C=O) groups is 1. The maximum absolute atomic E-state index is 12.6. The van der Waals surface area contributed by atoms with Crippen LogP contribution in [0.5, 0.6) is 5.75 Å². The molecular formula is C26H32N4O4S. The van der Waals surface area contributed by atoms with Gasteiger partial charge in [-0.2, -0.15) is 5.10 Å². The van der Waals surface area contributed by atoms with E-state index in [0.29, 0.717) is 18.0 Å². The Hall–Kier alpha value is -3.59. The highest BCUT2D eigenvalue weighted by Crippen LogP contribution is 2.29. The van der Waals surface area contributed by atoms with Gasteiger partial charge >= 0.3 is 0 Å². The summed E-state index contributed by atoms with van der Waals surface area (Å²) in [5, 5.41) is 4.08. The molecular weight excluding hydrogens is 464 g/mol. The number of para-hydroxylation sites is 2. The largest absolute Gasteiger partial charge is 0.492 e. The zero-order valence-corrected chi connectivity index (χ0v) is 21.8. The van der Waals surface area contributed by atoms with Crippen molar-refractivity contribution in [3.63, 3.8) is 0 Å². The molecule has 1 aromatic heterocycles. The van der Waals surface area contributed by atoms with Crippen LogP contribution in [0.25, 0.3) is 5.69 Å². The van der Waals surface area contributed by atoms with E-state index in [1.165, 1.54) is 11.1 Å². The van der Waals surface area contributed by atoms with Crippen molar-refractivity contribution in [1.82, 2.24) is 9.99 Å². The number of hydrazone groups is 1. The first kappa shape index (κ1) is 26.0. The van der Waals surface area contributed by atoms with Crippen LogP contribution in [0.2, 0.25) is 0 Å². The number of nitrogens with one attached hydrogen (secondary N) is 1. The van der Waals surface area contributed by atoms with Crippen molar-refractivity contribution in [2.24, 2.45) is 5.10 Å². The van der Waals surface area contributed by atoms with Crippen molar-refractivity contribution in [2.45, 2.75) is 34.6 Å². The third-order valence-corrected chi connectivity index (χ3v) is 6.58. The Labute approximate surface area is 207 Å². The first-order valence-electron chi connectivity index (χ1n) is 11.3. The van der Waals surface area contributed by atoms with E-state index in [0.717, 1.165) is 33.2 Å². The normalized spacial score (nSPS) is 11.6. The van der Waals surface area contributed by atoms with E-state index < -0.39 is 22.5 Å². The van der Waals surface area contributed by atoms with Crippen LogP contribution >= 0.6 is 0 Å². The maximum atomic E-state index is 12.6. The molecule has 8 nitrogen and oxygen atoms in total. The van der Waals surface area contributed by atoms with E-state index in [2.05, 4.69) is 47.1 Å². The predicted molar refractivity (Wildman–Crippen MR) is 140 cm³/mol. The van der Waals surface area contributed by atoms with Crippen LogP contribution in [0.1, 0.15) is 35.0 Å². The van der Waals surface area contributed by atoms with Crippen molar-refractivity contribution in [2.75, 3.05) is 23.7 Å². The minimum absolute atomic E-state index is 0.299. The second kappa shape index (κ2) is 10.8. The molecule has 0 saturated carbocycles. The molecule has 9 heteroatoms. The number of ether oxygens (including phenoxy) is 1. The summed E-state index contributed by atoms with van der Waals surface area (Å²) in [6.45, 7) is 9.88. The van der Waals surface area contributed by atoms with Crippen molar-refractivity contribution in [3.8, 4) is 11.4 Å². The Morgan fingerprint density at radius 3 is 2.37 bits per heavy atom. The van der Waals surface area contributed by atoms with Crippen LogP contribution < -0.4 is 14.5 Å². The molecule has 1 N–H and O–H groups in total. The van der Waals surface area contributed by atoms with Gasteiger partial charge in [0.15, 0.2) is 0 Å². The molecule has 0 fully saturated rings. The molecule has 0 saturated heterocycles. The highest BCUT2D eigenvalue weighted by molar-refractivity contribution is 7.92. The fraction of sp³-hybridized carbons (Fsp3) is 0.308. The molecule has 0 bridgehead atoms. The van der Waals surface area contributed by atoms with E-state index in [-0.39, 0.29) is 0 Å². The van der Waals surface area contributed by atoms with Gasteiger partial charge < -0.3 is 9.30 Å². The number of sulfonamides is 1. The zero-order chi connectivity index (χ0) is 25.8. The second-order valence-electron chi connectivity index (χ2n) is 8.47. The monoisotopic (exact) mass is 496 g/mol. The van der Waals surface area contributed by atoms with E-state index in [4.69, 9.17) is 4.74 Å². The van der Waals surface area contributed by atoms with Gasteiger partial charge in [-0.25, -0.2) is 13.8 Å². The van der Waals surface area contributed by atoms with Gasteiger partial charge in [-0.3, -0.25) is 9.10 Å². The average Bonchev–Trinajstić information content (AvgIpc) is 3.04. The Kier molecular flexibility index (Phi) is 8.01. The first-order valence-corrected chi connectivity index (χ1v) is 13.1. The molecule has 3 aromatic rings. The number of hydrogen-bond donors (Lipinski definition) is 1. The molecule has 0 spiro atoms. The number of rotatable bonds is 9. The molecule has 186 valence electrons. The van der Waals surface area contributed by atoms with Crippen molar-refractivity contribution >= 4 is 27.8 Å². The van der Waals surface area contributed by atoms with Gasteiger partial charge in [-0.1, -0.05) is 18.2 Å².